The van der Waals surface area contributed by atoms with Crippen molar-refractivity contribution in [3.8, 4) is 17.7 Å². The van der Waals surface area contributed by atoms with Crippen molar-refractivity contribution >= 4 is 5.95 Å². The summed E-state index contributed by atoms with van der Waals surface area (Å²) in [4.78, 5) is 7.65. The lowest BCUT2D eigenvalue weighted by Crippen LogP contribution is -1.99. The minimum absolute atomic E-state index is 0.0183. The number of nitriles is 1. The predicted molar refractivity (Wildman–Crippen MR) is 62.4 cm³/mol. The summed E-state index contributed by atoms with van der Waals surface area (Å²) in [6.45, 7) is 1.72. The predicted octanol–water partition coefficient (Wildman–Crippen LogP) is 2.17. The van der Waals surface area contributed by atoms with Crippen molar-refractivity contribution in [2.24, 2.45) is 0 Å². The molecule has 90 valence electrons. The van der Waals surface area contributed by atoms with Crippen LogP contribution in [0.2, 0.25) is 0 Å². The molecule has 2 N–H and O–H groups in total. The molecule has 1 aromatic carbocycles. The van der Waals surface area contributed by atoms with E-state index in [4.69, 9.17) is 15.7 Å². The second kappa shape index (κ2) is 4.67. The van der Waals surface area contributed by atoms with Crippen LogP contribution in [0, 0.1) is 24.1 Å². The smallest absolute Gasteiger partial charge is 0.227 e. The fraction of sp³-hybridized carbons (Fsp3) is 0.0833. The third kappa shape index (κ3) is 2.35. The molecule has 0 bridgehead atoms. The topological polar surface area (TPSA) is 84.8 Å². The van der Waals surface area contributed by atoms with E-state index in [-0.39, 0.29) is 23.1 Å². The van der Waals surface area contributed by atoms with E-state index in [9.17, 15) is 4.39 Å². The molecule has 0 aliphatic carbocycles. The van der Waals surface area contributed by atoms with Gasteiger partial charge in [0.1, 0.15) is 0 Å². The quantitative estimate of drug-likeness (QED) is 0.875. The molecule has 0 unspecified atom stereocenters. The number of hydrogen-bond donors (Lipinski definition) is 1. The van der Waals surface area contributed by atoms with Crippen molar-refractivity contribution in [3.05, 3.63) is 41.3 Å². The molecule has 5 nitrogen and oxygen atoms in total. The van der Waals surface area contributed by atoms with E-state index in [0.717, 1.165) is 6.07 Å². The largest absolute Gasteiger partial charge is 0.435 e. The Morgan fingerprint density at radius 1 is 1.44 bits per heavy atom. The lowest BCUT2D eigenvalue weighted by Gasteiger charge is -2.08. The fourth-order valence-electron chi connectivity index (χ4n) is 1.30. The molecule has 18 heavy (non-hydrogen) atoms. The van der Waals surface area contributed by atoms with Crippen LogP contribution in [0.5, 0.6) is 11.6 Å². The van der Waals surface area contributed by atoms with E-state index in [1.54, 1.807) is 6.92 Å². The van der Waals surface area contributed by atoms with E-state index < -0.39 is 5.82 Å². The molecule has 2 rings (SSSR count). The summed E-state index contributed by atoms with van der Waals surface area (Å²) in [7, 11) is 0. The minimum atomic E-state index is -0.634. The highest BCUT2D eigenvalue weighted by atomic mass is 19.1. The summed E-state index contributed by atoms with van der Waals surface area (Å²) in [5, 5.41) is 8.63. The molecule has 0 saturated carbocycles. The molecule has 1 heterocycles. The number of aryl methyl sites for hydroxylation is 1. The van der Waals surface area contributed by atoms with Gasteiger partial charge in [0, 0.05) is 11.8 Å². The Balaban J connectivity index is 2.34. The first-order valence-corrected chi connectivity index (χ1v) is 5.07. The van der Waals surface area contributed by atoms with Gasteiger partial charge in [0.15, 0.2) is 11.6 Å². The number of nitrogens with two attached hydrogens (primary N) is 1. The zero-order chi connectivity index (χ0) is 13.1. The molecule has 0 aliphatic heterocycles. The summed E-state index contributed by atoms with van der Waals surface area (Å²) in [5.74, 6) is -0.420. The summed E-state index contributed by atoms with van der Waals surface area (Å²) in [6.07, 6.45) is 1.49. The van der Waals surface area contributed by atoms with Crippen LogP contribution in [0.25, 0.3) is 0 Å². The first-order valence-electron chi connectivity index (χ1n) is 5.07. The van der Waals surface area contributed by atoms with Crippen molar-refractivity contribution in [2.75, 3.05) is 5.73 Å². The highest BCUT2D eigenvalue weighted by Crippen LogP contribution is 2.26. The number of anilines is 1. The Hall–Kier alpha value is -2.68. The molecule has 2 aromatic rings. The number of halogens is 1. The highest BCUT2D eigenvalue weighted by Gasteiger charge is 2.09. The Bertz CT molecular complexity index is 636. The van der Waals surface area contributed by atoms with Gasteiger partial charge in [-0.05, 0) is 25.1 Å². The third-order valence-electron chi connectivity index (χ3n) is 2.21. The Morgan fingerprint density at radius 2 is 2.22 bits per heavy atom. The highest BCUT2D eigenvalue weighted by molar-refractivity contribution is 5.39. The van der Waals surface area contributed by atoms with Crippen LogP contribution in [-0.4, -0.2) is 9.97 Å². The Labute approximate surface area is 103 Å². The fourth-order valence-corrected chi connectivity index (χ4v) is 1.30. The SMILES string of the molecule is Cc1cnc(N)nc1Oc1ccc(C#N)cc1F. The van der Waals surface area contributed by atoms with Crippen LogP contribution < -0.4 is 10.5 Å². The number of hydrogen-bond acceptors (Lipinski definition) is 5. The molecule has 6 heteroatoms. The molecule has 0 saturated heterocycles. The van der Waals surface area contributed by atoms with E-state index in [0.29, 0.717) is 5.56 Å². The van der Waals surface area contributed by atoms with Crippen molar-refractivity contribution in [3.63, 3.8) is 0 Å². The van der Waals surface area contributed by atoms with Crippen molar-refractivity contribution in [1.82, 2.24) is 9.97 Å². The van der Waals surface area contributed by atoms with Gasteiger partial charge in [0.25, 0.3) is 0 Å². The van der Waals surface area contributed by atoms with Crippen LogP contribution in [0.1, 0.15) is 11.1 Å². The molecule has 0 amide bonds. The summed E-state index contributed by atoms with van der Waals surface area (Å²) >= 11 is 0. The summed E-state index contributed by atoms with van der Waals surface area (Å²) in [6, 6.07) is 5.75. The zero-order valence-electron chi connectivity index (χ0n) is 9.51. The molecule has 0 fully saturated rings. The second-order valence-corrected chi connectivity index (χ2v) is 3.58. The van der Waals surface area contributed by atoms with E-state index >= 15 is 0 Å². The molecular formula is C12H9FN4O. The standard InChI is InChI=1S/C12H9FN4O/c1-7-6-16-12(15)17-11(7)18-10-3-2-8(5-14)4-9(10)13/h2-4,6H,1H3,(H2,15,16,17). The average Bonchev–Trinajstić information content (AvgIpc) is 2.36. The summed E-state index contributed by atoms with van der Waals surface area (Å²) in [5.41, 5.74) is 6.28. The van der Waals surface area contributed by atoms with Gasteiger partial charge in [-0.15, -0.1) is 0 Å². The van der Waals surface area contributed by atoms with Crippen molar-refractivity contribution < 1.29 is 9.13 Å². The first-order chi connectivity index (χ1) is 8.60. The maximum Gasteiger partial charge on any atom is 0.227 e. The molecule has 0 spiro atoms. The van der Waals surface area contributed by atoms with Crippen LogP contribution in [-0.2, 0) is 0 Å². The number of benzene rings is 1. The molecule has 1 aromatic heterocycles. The van der Waals surface area contributed by atoms with Crippen LogP contribution >= 0.6 is 0 Å². The van der Waals surface area contributed by atoms with Crippen LogP contribution in [0.3, 0.4) is 0 Å². The van der Waals surface area contributed by atoms with Crippen LogP contribution in [0.15, 0.2) is 24.4 Å². The number of aromatic nitrogens is 2. The van der Waals surface area contributed by atoms with Gasteiger partial charge < -0.3 is 10.5 Å². The van der Waals surface area contributed by atoms with Crippen molar-refractivity contribution in [2.45, 2.75) is 6.92 Å². The maximum absolute atomic E-state index is 13.6. The Kier molecular flexibility index (Phi) is 3.06. The van der Waals surface area contributed by atoms with Gasteiger partial charge in [0.05, 0.1) is 11.6 Å². The van der Waals surface area contributed by atoms with E-state index in [2.05, 4.69) is 9.97 Å². The van der Waals surface area contributed by atoms with Gasteiger partial charge in [-0.2, -0.15) is 10.2 Å². The second-order valence-electron chi connectivity index (χ2n) is 3.58. The van der Waals surface area contributed by atoms with E-state index in [1.165, 1.54) is 18.3 Å². The zero-order valence-corrected chi connectivity index (χ0v) is 9.51. The van der Waals surface area contributed by atoms with Gasteiger partial charge in [0.2, 0.25) is 11.8 Å². The molecular weight excluding hydrogens is 235 g/mol. The average molecular weight is 244 g/mol. The maximum atomic E-state index is 13.6. The Morgan fingerprint density at radius 3 is 2.89 bits per heavy atom. The molecule has 0 atom stereocenters. The number of nitrogen functional groups attached to an aromatic ring is 1. The van der Waals surface area contributed by atoms with Gasteiger partial charge in [-0.1, -0.05) is 0 Å². The minimum Gasteiger partial charge on any atom is -0.435 e. The first kappa shape index (κ1) is 11.8. The summed E-state index contributed by atoms with van der Waals surface area (Å²) < 4.78 is 18.9. The van der Waals surface area contributed by atoms with E-state index in [1.807, 2.05) is 6.07 Å². The lowest BCUT2D eigenvalue weighted by atomic mass is 10.2. The lowest BCUT2D eigenvalue weighted by molar-refractivity contribution is 0.424. The molecule has 0 radical (unpaired) electrons. The van der Waals surface area contributed by atoms with Crippen molar-refractivity contribution in [1.29, 1.82) is 5.26 Å². The molecule has 0 aliphatic rings. The number of rotatable bonds is 2. The van der Waals surface area contributed by atoms with Gasteiger partial charge in [-0.25, -0.2) is 9.37 Å². The normalized spacial score (nSPS) is 9.83. The third-order valence-corrected chi connectivity index (χ3v) is 2.21. The van der Waals surface area contributed by atoms with Crippen LogP contribution in [0.4, 0.5) is 10.3 Å². The number of nitrogens with zero attached hydrogens (tertiary/aromatic N) is 3. The number of ether oxygens (including phenoxy) is 1. The monoisotopic (exact) mass is 244 g/mol. The van der Waals surface area contributed by atoms with Gasteiger partial charge in [-0.3, -0.25) is 0 Å². The van der Waals surface area contributed by atoms with Gasteiger partial charge >= 0.3 is 0 Å².